The molecule has 2 heterocycles. The molecule has 8 heteroatoms. The average Bonchev–Trinajstić information content (AvgIpc) is 3.38. The Balaban J connectivity index is 1.59. The van der Waals surface area contributed by atoms with Gasteiger partial charge in [0.05, 0.1) is 40.2 Å². The van der Waals surface area contributed by atoms with Crippen LogP contribution in [0.25, 0.3) is 23.9 Å². The van der Waals surface area contributed by atoms with E-state index in [1.807, 2.05) is 74.2 Å². The lowest BCUT2D eigenvalue weighted by atomic mass is 10.0. The van der Waals surface area contributed by atoms with Gasteiger partial charge in [0.25, 0.3) is 0 Å². The van der Waals surface area contributed by atoms with Crippen LogP contribution >= 0.6 is 0 Å². The lowest BCUT2D eigenvalue weighted by Gasteiger charge is -2.26. The number of rotatable bonds is 10. The van der Waals surface area contributed by atoms with Crippen molar-refractivity contribution in [1.29, 1.82) is 0 Å². The van der Waals surface area contributed by atoms with Crippen molar-refractivity contribution < 1.29 is 28.5 Å². The van der Waals surface area contributed by atoms with Crippen LogP contribution in [0.2, 0.25) is 0 Å². The van der Waals surface area contributed by atoms with Crippen LogP contribution in [-0.4, -0.2) is 56.9 Å². The van der Waals surface area contributed by atoms with E-state index in [0.29, 0.717) is 47.0 Å². The molecule has 0 aliphatic carbocycles. The minimum atomic E-state index is -0.259. The summed E-state index contributed by atoms with van der Waals surface area (Å²) in [6.07, 6.45) is 2.12. The monoisotopic (exact) mass is 546 g/mol. The number of ether oxygens (including phenoxy) is 5. The van der Waals surface area contributed by atoms with Crippen molar-refractivity contribution in [1.82, 2.24) is 9.88 Å². The number of hydrogen-bond donors (Lipinski definition) is 0. The van der Waals surface area contributed by atoms with E-state index in [1.165, 1.54) is 0 Å². The molecule has 1 amide bonds. The summed E-state index contributed by atoms with van der Waals surface area (Å²) < 4.78 is 28.2. The van der Waals surface area contributed by atoms with Crippen LogP contribution in [0.3, 0.4) is 0 Å². The normalized spacial score (nSPS) is 17.0. The van der Waals surface area contributed by atoms with Crippen molar-refractivity contribution in [2.45, 2.75) is 39.3 Å². The molecule has 3 atom stereocenters. The Morgan fingerprint density at radius 3 is 2.17 bits per heavy atom. The van der Waals surface area contributed by atoms with Gasteiger partial charge < -0.3 is 28.6 Å². The summed E-state index contributed by atoms with van der Waals surface area (Å²) in [6.45, 7) is 10.8. The lowest BCUT2D eigenvalue weighted by Crippen LogP contribution is -2.34. The van der Waals surface area contributed by atoms with Crippen LogP contribution in [0.5, 0.6) is 28.9 Å². The summed E-state index contributed by atoms with van der Waals surface area (Å²) >= 11 is 0. The van der Waals surface area contributed by atoms with E-state index >= 15 is 0 Å². The van der Waals surface area contributed by atoms with Gasteiger partial charge >= 0.3 is 0 Å². The van der Waals surface area contributed by atoms with Gasteiger partial charge in [-0.1, -0.05) is 24.8 Å². The Hall–Kier alpha value is -4.20. The van der Waals surface area contributed by atoms with Crippen molar-refractivity contribution in [2.75, 3.05) is 35.0 Å². The largest absolute Gasteiger partial charge is 0.497 e. The zero-order valence-electron chi connectivity index (χ0n) is 24.3. The fourth-order valence-electron chi connectivity index (χ4n) is 5.08. The summed E-state index contributed by atoms with van der Waals surface area (Å²) in [4.78, 5) is 19.8. The van der Waals surface area contributed by atoms with Crippen molar-refractivity contribution in [3.63, 3.8) is 0 Å². The fraction of sp³-hybridized carbons (Fsp3) is 0.375. The highest BCUT2D eigenvalue weighted by molar-refractivity contribution is 5.79. The van der Waals surface area contributed by atoms with Crippen molar-refractivity contribution in [3.05, 3.63) is 58.5 Å². The van der Waals surface area contributed by atoms with E-state index in [-0.39, 0.29) is 24.0 Å². The maximum atomic E-state index is 13.0. The van der Waals surface area contributed by atoms with E-state index in [0.717, 1.165) is 22.1 Å². The summed E-state index contributed by atoms with van der Waals surface area (Å²) in [5.41, 5.74) is 2.52. The molecule has 0 spiro atoms. The molecule has 1 saturated heterocycles. The van der Waals surface area contributed by atoms with Gasteiger partial charge in [-0.05, 0) is 61.9 Å². The number of benzene rings is 2. The van der Waals surface area contributed by atoms with E-state index < -0.39 is 0 Å². The fourth-order valence-corrected chi connectivity index (χ4v) is 5.08. The van der Waals surface area contributed by atoms with Crippen LogP contribution in [0.1, 0.15) is 38.8 Å². The predicted molar refractivity (Wildman–Crippen MR) is 156 cm³/mol. The molecule has 1 aromatic heterocycles. The molecule has 3 aromatic rings. The zero-order valence-corrected chi connectivity index (χ0v) is 24.3. The number of methoxy groups -OCH3 is 4. The molecule has 8 nitrogen and oxygen atoms in total. The van der Waals surface area contributed by atoms with E-state index in [1.54, 1.807) is 28.4 Å². The van der Waals surface area contributed by atoms with Gasteiger partial charge in [-0.2, -0.15) is 0 Å². The number of carbonyl (C=O) groups is 1. The van der Waals surface area contributed by atoms with Gasteiger partial charge in [0.1, 0.15) is 11.9 Å². The molecular formula is C32H38N2O6. The molecule has 0 N–H and O–H groups in total. The SMILES string of the molecule is C=c1c(OC(C)C2CC(=O)N(C(C)c3ccc(OC)cc3)C2)nc(-c2cc(OC)c(OC)c(OC)c2)cc1=CC. The van der Waals surface area contributed by atoms with Gasteiger partial charge in [-0.15, -0.1) is 0 Å². The van der Waals surface area contributed by atoms with Gasteiger partial charge in [-0.25, -0.2) is 4.98 Å². The van der Waals surface area contributed by atoms with Gasteiger partial charge in [-0.3, -0.25) is 4.79 Å². The Labute approximate surface area is 235 Å². The van der Waals surface area contributed by atoms with Crippen molar-refractivity contribution >= 4 is 18.6 Å². The minimum Gasteiger partial charge on any atom is -0.497 e. The van der Waals surface area contributed by atoms with Crippen LogP contribution in [0.4, 0.5) is 0 Å². The second-order valence-electron chi connectivity index (χ2n) is 9.87. The summed E-state index contributed by atoms with van der Waals surface area (Å²) in [6, 6.07) is 13.4. The molecule has 2 aromatic carbocycles. The second-order valence-corrected chi connectivity index (χ2v) is 9.87. The van der Waals surface area contributed by atoms with Crippen LogP contribution in [0, 0.1) is 5.92 Å². The number of likely N-dealkylation sites (tertiary alicyclic amines) is 1. The van der Waals surface area contributed by atoms with E-state index in [4.69, 9.17) is 28.7 Å². The number of amides is 1. The molecule has 3 unspecified atom stereocenters. The summed E-state index contributed by atoms with van der Waals surface area (Å²) in [5, 5.41) is 1.59. The maximum Gasteiger partial charge on any atom is 0.223 e. The maximum absolute atomic E-state index is 13.0. The predicted octanol–water partition coefficient (Wildman–Crippen LogP) is 4.37. The average molecular weight is 547 g/mol. The highest BCUT2D eigenvalue weighted by Crippen LogP contribution is 2.41. The Morgan fingerprint density at radius 1 is 0.975 bits per heavy atom. The Morgan fingerprint density at radius 2 is 1.62 bits per heavy atom. The first-order valence-electron chi connectivity index (χ1n) is 13.3. The molecule has 0 bridgehead atoms. The number of carbonyl (C=O) groups excluding carboxylic acids is 1. The first-order valence-corrected chi connectivity index (χ1v) is 13.3. The minimum absolute atomic E-state index is 0.00767. The standard InChI is InChI=1S/C32H38N2O6/c1-9-22-14-27(24-15-28(37-6)31(39-8)29(16-24)38-7)33-32(19(22)2)40-21(4)25-17-30(35)34(18-25)20(3)23-10-12-26(36-5)13-11-23/h9-16,20-21,25H,2,17-18H2,1,3-8H3. The molecular weight excluding hydrogens is 508 g/mol. The zero-order chi connectivity index (χ0) is 29.0. The highest BCUT2D eigenvalue weighted by Gasteiger charge is 2.37. The van der Waals surface area contributed by atoms with Crippen molar-refractivity contribution in [2.24, 2.45) is 5.92 Å². The van der Waals surface area contributed by atoms with E-state index in [9.17, 15) is 4.79 Å². The molecule has 1 aliphatic heterocycles. The summed E-state index contributed by atoms with van der Waals surface area (Å²) in [7, 11) is 6.37. The number of nitrogens with zero attached hydrogens (tertiary/aromatic N) is 2. The Kier molecular flexibility index (Phi) is 8.87. The van der Waals surface area contributed by atoms with E-state index in [2.05, 4.69) is 6.58 Å². The van der Waals surface area contributed by atoms with Gasteiger partial charge in [0.2, 0.25) is 17.5 Å². The molecule has 1 fully saturated rings. The smallest absolute Gasteiger partial charge is 0.223 e. The quantitative estimate of drug-likeness (QED) is 0.374. The third-order valence-corrected chi connectivity index (χ3v) is 7.61. The molecule has 212 valence electrons. The lowest BCUT2D eigenvalue weighted by molar-refractivity contribution is -0.129. The first kappa shape index (κ1) is 28.8. The van der Waals surface area contributed by atoms with Gasteiger partial charge in [0, 0.05) is 29.7 Å². The first-order chi connectivity index (χ1) is 19.2. The molecule has 1 aliphatic rings. The van der Waals surface area contributed by atoms with Crippen LogP contribution in [-0.2, 0) is 4.79 Å². The molecule has 40 heavy (non-hydrogen) atoms. The highest BCUT2D eigenvalue weighted by atomic mass is 16.5. The Bertz CT molecular complexity index is 1440. The molecule has 0 saturated carbocycles. The molecule has 0 radical (unpaired) electrons. The van der Waals surface area contributed by atoms with Crippen LogP contribution in [0.15, 0.2) is 42.5 Å². The number of hydrogen-bond acceptors (Lipinski definition) is 7. The molecule has 4 rings (SSSR count). The third-order valence-electron chi connectivity index (χ3n) is 7.61. The summed E-state index contributed by atoms with van der Waals surface area (Å²) in [5.74, 6) is 2.91. The third kappa shape index (κ3) is 5.71. The topological polar surface area (TPSA) is 79.4 Å². The van der Waals surface area contributed by atoms with Crippen LogP contribution < -0.4 is 34.1 Å². The second kappa shape index (κ2) is 12.3. The van der Waals surface area contributed by atoms with Crippen molar-refractivity contribution in [3.8, 4) is 40.1 Å². The van der Waals surface area contributed by atoms with Gasteiger partial charge in [0.15, 0.2) is 11.5 Å². The number of pyridine rings is 1. The number of aromatic nitrogens is 1.